The monoisotopic (exact) mass is 512 g/mol. The van der Waals surface area contributed by atoms with Gasteiger partial charge in [-0.1, -0.05) is 18.2 Å². The van der Waals surface area contributed by atoms with Gasteiger partial charge in [-0.05, 0) is 45.9 Å². The first-order valence-electron chi connectivity index (χ1n) is 11.0. The summed E-state index contributed by atoms with van der Waals surface area (Å²) in [5.74, 6) is -0.420. The number of halogens is 1. The molecule has 192 valence electrons. The molecule has 0 spiro atoms. The minimum Gasteiger partial charge on any atom is -0.462 e. The second-order valence-electron chi connectivity index (χ2n) is 8.67. The second-order valence-corrected chi connectivity index (χ2v) is 10.4. The van der Waals surface area contributed by atoms with E-state index in [1.165, 1.54) is 26.1 Å². The van der Waals surface area contributed by atoms with E-state index in [-0.39, 0.29) is 30.7 Å². The van der Waals surface area contributed by atoms with Gasteiger partial charge in [0, 0.05) is 12.6 Å². The Kier molecular flexibility index (Phi) is 8.32. The Morgan fingerprint density at radius 2 is 2.03 bits per heavy atom. The fraction of sp³-hybridized carbons (Fsp3) is 0.500. The van der Waals surface area contributed by atoms with Crippen molar-refractivity contribution in [2.75, 3.05) is 12.3 Å². The predicted molar refractivity (Wildman–Crippen MR) is 125 cm³/mol. The van der Waals surface area contributed by atoms with Crippen molar-refractivity contribution in [3.05, 3.63) is 53.1 Å². The van der Waals surface area contributed by atoms with Gasteiger partial charge >= 0.3 is 19.4 Å². The Morgan fingerprint density at radius 1 is 1.34 bits per heavy atom. The lowest BCUT2D eigenvalue weighted by molar-refractivity contribution is -0.149. The van der Waals surface area contributed by atoms with Crippen LogP contribution in [0.1, 0.15) is 40.3 Å². The summed E-state index contributed by atoms with van der Waals surface area (Å²) in [6.45, 7) is 5.76. The van der Waals surface area contributed by atoms with Gasteiger partial charge < -0.3 is 19.7 Å². The molecule has 1 aliphatic heterocycles. The normalized spacial score (nSPS) is 24.6. The molecule has 2 heterocycles. The maximum Gasteiger partial charge on any atom is 0.459 e. The molecule has 1 aromatic heterocycles. The van der Waals surface area contributed by atoms with Crippen LogP contribution in [0, 0.1) is 0 Å². The maximum atomic E-state index is 15.3. The molecule has 0 radical (unpaired) electrons. The lowest BCUT2D eigenvalue weighted by Gasteiger charge is -2.24. The van der Waals surface area contributed by atoms with Gasteiger partial charge in [-0.2, -0.15) is 10.1 Å². The van der Waals surface area contributed by atoms with Gasteiger partial charge in [-0.3, -0.25) is 13.9 Å². The van der Waals surface area contributed by atoms with E-state index in [2.05, 4.69) is 10.1 Å². The first-order valence-corrected chi connectivity index (χ1v) is 12.6. The molecule has 3 N–H and O–H groups in total. The maximum absolute atomic E-state index is 15.3. The van der Waals surface area contributed by atoms with E-state index < -0.39 is 43.4 Å². The molecule has 0 bridgehead atoms. The SMILES string of the molecule is CC(C)OC(=O)[C@H](C)NP(=O)(OC[C@@H]1CC(C)(F)[C@H](n2ccc(N)nc2=O)O1)Oc1ccccc1. The van der Waals surface area contributed by atoms with Crippen LogP contribution < -0.4 is 21.0 Å². The van der Waals surface area contributed by atoms with Crippen molar-refractivity contribution < 1.29 is 32.3 Å². The molecule has 35 heavy (non-hydrogen) atoms. The molecule has 0 amide bonds. The standard InChI is InChI=1S/C22H30FN4O7P/c1-14(2)32-19(28)15(3)26-35(30,34-16-8-6-5-7-9-16)31-13-17-12-22(4,23)20(33-17)27-11-10-18(24)25-21(27)29/h5-11,14-15,17,20H,12-13H2,1-4H3,(H,26,30)(H2,24,25,29)/t15-,17-,20+,22?,35?/m0/s1. The van der Waals surface area contributed by atoms with Crippen LogP contribution in [0.15, 0.2) is 47.4 Å². The molecule has 0 saturated carbocycles. The Bertz CT molecular complexity index is 1130. The number of esters is 1. The van der Waals surface area contributed by atoms with E-state index in [1.807, 2.05) is 0 Å². The number of nitrogens with zero attached hydrogens (tertiary/aromatic N) is 2. The van der Waals surface area contributed by atoms with Crippen LogP contribution >= 0.6 is 7.75 Å². The van der Waals surface area contributed by atoms with Crippen molar-refractivity contribution in [2.24, 2.45) is 0 Å². The number of benzene rings is 1. The van der Waals surface area contributed by atoms with Crippen molar-refractivity contribution in [1.29, 1.82) is 0 Å². The molecule has 5 atom stereocenters. The average Bonchev–Trinajstić information content (AvgIpc) is 3.06. The summed E-state index contributed by atoms with van der Waals surface area (Å²) in [4.78, 5) is 28.0. The van der Waals surface area contributed by atoms with Gasteiger partial charge in [-0.15, -0.1) is 0 Å². The summed E-state index contributed by atoms with van der Waals surface area (Å²) in [7, 11) is -4.15. The fourth-order valence-corrected chi connectivity index (χ4v) is 5.01. The zero-order chi connectivity index (χ0) is 25.8. The number of nitrogen functional groups attached to an aromatic ring is 1. The van der Waals surface area contributed by atoms with E-state index in [4.69, 9.17) is 24.3 Å². The highest BCUT2D eigenvalue weighted by Gasteiger charge is 2.48. The topological polar surface area (TPSA) is 144 Å². The van der Waals surface area contributed by atoms with Crippen LogP contribution in [-0.2, 0) is 23.4 Å². The molecule has 0 aliphatic carbocycles. The summed E-state index contributed by atoms with van der Waals surface area (Å²) in [5, 5.41) is 2.56. The highest BCUT2D eigenvalue weighted by Crippen LogP contribution is 2.47. The summed E-state index contributed by atoms with van der Waals surface area (Å²) in [5.41, 5.74) is 2.78. The molecule has 2 aromatic rings. The summed E-state index contributed by atoms with van der Waals surface area (Å²) in [6.07, 6.45) is -1.42. The largest absolute Gasteiger partial charge is 0.462 e. The fourth-order valence-electron chi connectivity index (χ4n) is 3.49. The average molecular weight is 512 g/mol. The van der Waals surface area contributed by atoms with Crippen LogP contribution in [0.25, 0.3) is 0 Å². The smallest absolute Gasteiger partial charge is 0.459 e. The van der Waals surface area contributed by atoms with Crippen molar-refractivity contribution in [3.63, 3.8) is 0 Å². The van der Waals surface area contributed by atoms with E-state index in [0.717, 1.165) is 4.57 Å². The van der Waals surface area contributed by atoms with Crippen molar-refractivity contribution in [3.8, 4) is 5.75 Å². The van der Waals surface area contributed by atoms with Crippen LogP contribution in [-0.4, -0.2) is 46.0 Å². The molecular formula is C22H30FN4O7P. The molecular weight excluding hydrogens is 482 g/mol. The number of nitrogens with two attached hydrogens (primary N) is 1. The molecule has 1 saturated heterocycles. The number of carbonyl (C=O) groups is 1. The number of hydrogen-bond donors (Lipinski definition) is 2. The zero-order valence-electron chi connectivity index (χ0n) is 19.9. The molecule has 3 rings (SSSR count). The van der Waals surface area contributed by atoms with Gasteiger partial charge in [0.15, 0.2) is 11.9 Å². The van der Waals surface area contributed by atoms with E-state index in [1.54, 1.807) is 44.2 Å². The van der Waals surface area contributed by atoms with Crippen LogP contribution in [0.3, 0.4) is 0 Å². The molecule has 11 nitrogen and oxygen atoms in total. The van der Waals surface area contributed by atoms with E-state index in [9.17, 15) is 14.2 Å². The number of nitrogens with one attached hydrogen (secondary N) is 1. The van der Waals surface area contributed by atoms with Gasteiger partial charge in [-0.25, -0.2) is 13.8 Å². The summed E-state index contributed by atoms with van der Waals surface area (Å²) >= 11 is 0. The Balaban J connectivity index is 1.74. The van der Waals surface area contributed by atoms with Gasteiger partial charge in [0.1, 0.15) is 17.6 Å². The highest BCUT2D eigenvalue weighted by molar-refractivity contribution is 7.52. The predicted octanol–water partition coefficient (Wildman–Crippen LogP) is 2.97. The zero-order valence-corrected chi connectivity index (χ0v) is 20.8. The lowest BCUT2D eigenvalue weighted by Crippen LogP contribution is -2.36. The minimum atomic E-state index is -4.15. The van der Waals surface area contributed by atoms with E-state index >= 15 is 4.39 Å². The van der Waals surface area contributed by atoms with Crippen molar-refractivity contribution >= 4 is 19.5 Å². The lowest BCUT2D eigenvalue weighted by atomic mass is 10.0. The van der Waals surface area contributed by atoms with Crippen molar-refractivity contribution in [1.82, 2.24) is 14.6 Å². The number of hydrogen-bond acceptors (Lipinski definition) is 9. The number of para-hydroxylation sites is 1. The molecule has 13 heteroatoms. The molecule has 2 unspecified atom stereocenters. The Hall–Kier alpha value is -2.79. The number of anilines is 1. The van der Waals surface area contributed by atoms with Crippen molar-refractivity contribution in [2.45, 2.75) is 64.3 Å². The third-order valence-electron chi connectivity index (χ3n) is 5.02. The summed E-state index contributed by atoms with van der Waals surface area (Å²) < 4.78 is 51.9. The first kappa shape index (κ1) is 26.8. The summed E-state index contributed by atoms with van der Waals surface area (Å²) in [6, 6.07) is 8.55. The Labute approximate surface area is 202 Å². The minimum absolute atomic E-state index is 0.000113. The van der Waals surface area contributed by atoms with Crippen LogP contribution in [0.5, 0.6) is 5.75 Å². The second kappa shape index (κ2) is 10.9. The quantitative estimate of drug-likeness (QED) is 0.360. The third-order valence-corrected chi connectivity index (χ3v) is 6.67. The number of alkyl halides is 1. The van der Waals surface area contributed by atoms with Gasteiger partial charge in [0.25, 0.3) is 0 Å². The number of rotatable bonds is 10. The molecule has 1 fully saturated rings. The first-order chi connectivity index (χ1) is 16.4. The van der Waals surface area contributed by atoms with E-state index in [0.29, 0.717) is 0 Å². The molecule has 1 aliphatic rings. The van der Waals surface area contributed by atoms with Gasteiger partial charge in [0.05, 0.1) is 18.8 Å². The third kappa shape index (κ3) is 7.11. The highest BCUT2D eigenvalue weighted by atomic mass is 31.2. The molecule has 1 aromatic carbocycles. The number of aromatic nitrogens is 2. The van der Waals surface area contributed by atoms with Crippen LogP contribution in [0.2, 0.25) is 0 Å². The van der Waals surface area contributed by atoms with Crippen LogP contribution in [0.4, 0.5) is 10.2 Å². The Morgan fingerprint density at radius 3 is 2.66 bits per heavy atom. The van der Waals surface area contributed by atoms with Gasteiger partial charge in [0.2, 0.25) is 0 Å². The number of carbonyl (C=O) groups excluding carboxylic acids is 1. The number of ether oxygens (including phenoxy) is 2.